The molecule has 2 aromatic rings. The van der Waals surface area contributed by atoms with Crippen LogP contribution in [0.15, 0.2) is 35.6 Å². The Bertz CT molecular complexity index is 930. The third-order valence-corrected chi connectivity index (χ3v) is 5.41. The van der Waals surface area contributed by atoms with Gasteiger partial charge >= 0.3 is 6.03 Å². The van der Waals surface area contributed by atoms with Gasteiger partial charge in [-0.05, 0) is 24.5 Å². The average molecular weight is 363 g/mol. The van der Waals surface area contributed by atoms with Crippen molar-refractivity contribution in [3.8, 4) is 11.4 Å². The molecule has 1 saturated heterocycles. The van der Waals surface area contributed by atoms with E-state index in [9.17, 15) is 4.79 Å². The predicted octanol–water partition coefficient (Wildman–Crippen LogP) is 1.98. The molecule has 0 N–H and O–H groups in total. The minimum atomic E-state index is -0.112. The molecule has 5 rings (SSSR count). The lowest BCUT2D eigenvalue weighted by Crippen LogP contribution is -2.38. The molecule has 0 spiro atoms. The van der Waals surface area contributed by atoms with E-state index < -0.39 is 0 Å². The molecule has 0 bridgehead atoms. The Hall–Kier alpha value is -3.03. The van der Waals surface area contributed by atoms with Gasteiger partial charge in [-0.1, -0.05) is 13.0 Å². The lowest BCUT2D eigenvalue weighted by molar-refractivity contribution is 0.197. The summed E-state index contributed by atoms with van der Waals surface area (Å²) in [5, 5.41) is 4.47. The summed E-state index contributed by atoms with van der Waals surface area (Å²) in [6, 6.07) is 1.81. The van der Waals surface area contributed by atoms with Gasteiger partial charge in [0.1, 0.15) is 17.2 Å². The van der Waals surface area contributed by atoms with Crippen LogP contribution in [0.2, 0.25) is 0 Å². The Morgan fingerprint density at radius 2 is 2.11 bits per heavy atom. The number of dihydropyridines is 1. The maximum absolute atomic E-state index is 12.7. The maximum atomic E-state index is 12.7. The van der Waals surface area contributed by atoms with Crippen molar-refractivity contribution in [2.75, 3.05) is 24.5 Å². The van der Waals surface area contributed by atoms with Crippen molar-refractivity contribution in [1.29, 1.82) is 0 Å². The molecular formula is C19H21N7O. The molecule has 0 aliphatic carbocycles. The number of allylic oxidation sites excluding steroid dienone is 1. The van der Waals surface area contributed by atoms with Gasteiger partial charge in [0.2, 0.25) is 0 Å². The van der Waals surface area contributed by atoms with Crippen LogP contribution in [0.25, 0.3) is 11.4 Å². The van der Waals surface area contributed by atoms with E-state index in [1.807, 2.05) is 18.2 Å². The van der Waals surface area contributed by atoms with Crippen LogP contribution in [-0.4, -0.2) is 62.6 Å². The zero-order chi connectivity index (χ0) is 18.4. The fourth-order valence-corrected chi connectivity index (χ4v) is 3.88. The molecule has 138 valence electrons. The van der Waals surface area contributed by atoms with Crippen LogP contribution in [0.3, 0.4) is 0 Å². The van der Waals surface area contributed by atoms with E-state index in [1.54, 1.807) is 23.5 Å². The van der Waals surface area contributed by atoms with E-state index in [1.165, 1.54) is 11.1 Å². The quantitative estimate of drug-likeness (QED) is 0.833. The normalized spacial score (nSPS) is 24.1. The SMILES string of the molecule is C[C@H]1CCN(c2cnc(-c3cc4n(n3)C(=O)N(C3C=CC=NC3)C4)cn2)C1. The highest BCUT2D eigenvalue weighted by Gasteiger charge is 2.33. The van der Waals surface area contributed by atoms with Crippen LogP contribution in [0.5, 0.6) is 0 Å². The lowest BCUT2D eigenvalue weighted by Gasteiger charge is -2.23. The molecule has 5 heterocycles. The number of fused-ring (bicyclic) bond motifs is 1. The number of aliphatic imine (C=N–C) groups is 1. The van der Waals surface area contributed by atoms with Crippen LogP contribution in [0.1, 0.15) is 19.0 Å². The van der Waals surface area contributed by atoms with Crippen molar-refractivity contribution < 1.29 is 4.79 Å². The lowest BCUT2D eigenvalue weighted by atomic mass is 10.2. The zero-order valence-electron chi connectivity index (χ0n) is 15.2. The fourth-order valence-electron chi connectivity index (χ4n) is 3.88. The first kappa shape index (κ1) is 16.2. The van der Waals surface area contributed by atoms with Gasteiger partial charge in [-0.15, -0.1) is 0 Å². The first-order chi connectivity index (χ1) is 13.2. The van der Waals surface area contributed by atoms with Crippen molar-refractivity contribution in [2.45, 2.75) is 25.9 Å². The number of carbonyl (C=O) groups is 1. The summed E-state index contributed by atoms with van der Waals surface area (Å²) in [7, 11) is 0. The summed E-state index contributed by atoms with van der Waals surface area (Å²) in [6.45, 7) is 5.44. The topological polar surface area (TPSA) is 79.5 Å². The molecule has 1 fully saturated rings. The molecule has 27 heavy (non-hydrogen) atoms. The molecule has 3 aliphatic heterocycles. The first-order valence-electron chi connectivity index (χ1n) is 9.33. The molecule has 8 nitrogen and oxygen atoms in total. The second kappa shape index (κ2) is 6.29. The van der Waals surface area contributed by atoms with E-state index in [0.29, 0.717) is 30.4 Å². The molecule has 1 amide bonds. The largest absolute Gasteiger partial charge is 0.355 e. The van der Waals surface area contributed by atoms with Crippen LogP contribution in [-0.2, 0) is 6.54 Å². The number of hydrogen-bond acceptors (Lipinski definition) is 6. The summed E-state index contributed by atoms with van der Waals surface area (Å²) >= 11 is 0. The van der Waals surface area contributed by atoms with Gasteiger partial charge in [0, 0.05) is 19.3 Å². The molecule has 1 unspecified atom stereocenters. The number of hydrogen-bond donors (Lipinski definition) is 0. The van der Waals surface area contributed by atoms with E-state index in [-0.39, 0.29) is 12.1 Å². The number of nitrogens with zero attached hydrogens (tertiary/aromatic N) is 7. The minimum absolute atomic E-state index is 0.00502. The molecule has 2 atom stereocenters. The number of amides is 1. The van der Waals surface area contributed by atoms with Crippen LogP contribution < -0.4 is 4.90 Å². The van der Waals surface area contributed by atoms with Gasteiger partial charge in [0.25, 0.3) is 0 Å². The summed E-state index contributed by atoms with van der Waals surface area (Å²) in [5.41, 5.74) is 2.25. The molecule has 8 heteroatoms. The molecule has 0 aromatic carbocycles. The number of carbonyl (C=O) groups excluding carboxylic acids is 1. The van der Waals surface area contributed by atoms with Gasteiger partial charge in [0.05, 0.1) is 37.2 Å². The zero-order valence-corrected chi connectivity index (χ0v) is 15.2. The highest BCUT2D eigenvalue weighted by Crippen LogP contribution is 2.26. The van der Waals surface area contributed by atoms with Crippen LogP contribution in [0, 0.1) is 5.92 Å². The minimum Gasteiger partial charge on any atom is -0.355 e. The standard InChI is InChI=1S/C19H21N7O/c1-13-4-6-24(11-13)18-10-21-17(9-22-18)16-7-15-12-25(19(27)26(15)23-16)14-3-2-5-20-8-14/h2-3,5,7,9-10,13-14H,4,6,8,11-12H2,1H3/t13-,14?/m0/s1. The van der Waals surface area contributed by atoms with Gasteiger partial charge in [-0.3, -0.25) is 4.99 Å². The van der Waals surface area contributed by atoms with Crippen molar-refractivity contribution in [3.05, 3.63) is 36.3 Å². The smallest absolute Gasteiger partial charge is 0.345 e. The van der Waals surface area contributed by atoms with E-state index in [0.717, 1.165) is 24.6 Å². The van der Waals surface area contributed by atoms with Gasteiger partial charge in [0.15, 0.2) is 0 Å². The number of rotatable bonds is 3. The maximum Gasteiger partial charge on any atom is 0.345 e. The molecule has 0 saturated carbocycles. The van der Waals surface area contributed by atoms with Crippen LogP contribution >= 0.6 is 0 Å². The first-order valence-corrected chi connectivity index (χ1v) is 9.33. The van der Waals surface area contributed by atoms with E-state index in [4.69, 9.17) is 0 Å². The van der Waals surface area contributed by atoms with E-state index >= 15 is 0 Å². The Kier molecular flexibility index (Phi) is 3.77. The summed E-state index contributed by atoms with van der Waals surface area (Å²) < 4.78 is 1.47. The fraction of sp³-hybridized carbons (Fsp3) is 0.421. The summed E-state index contributed by atoms with van der Waals surface area (Å²) in [5.74, 6) is 1.60. The highest BCUT2D eigenvalue weighted by atomic mass is 16.2. The second-order valence-electron chi connectivity index (χ2n) is 7.41. The van der Waals surface area contributed by atoms with Crippen molar-refractivity contribution in [2.24, 2.45) is 10.9 Å². The van der Waals surface area contributed by atoms with Gasteiger partial charge in [-0.2, -0.15) is 9.78 Å². The molecule has 2 aromatic heterocycles. The Labute approximate surface area is 157 Å². The van der Waals surface area contributed by atoms with Crippen LogP contribution in [0.4, 0.5) is 10.6 Å². The van der Waals surface area contributed by atoms with E-state index in [2.05, 4.69) is 31.9 Å². The summed E-state index contributed by atoms with van der Waals surface area (Å²) in [4.78, 5) is 30.1. The Morgan fingerprint density at radius 3 is 2.78 bits per heavy atom. The Morgan fingerprint density at radius 1 is 1.19 bits per heavy atom. The number of anilines is 1. The van der Waals surface area contributed by atoms with Crippen molar-refractivity contribution in [1.82, 2.24) is 24.6 Å². The third kappa shape index (κ3) is 2.81. The molecular weight excluding hydrogens is 342 g/mol. The van der Waals surface area contributed by atoms with Gasteiger partial charge < -0.3 is 9.80 Å². The third-order valence-electron chi connectivity index (χ3n) is 5.41. The molecule has 3 aliphatic rings. The summed E-state index contributed by atoms with van der Waals surface area (Å²) in [6.07, 6.45) is 10.4. The Balaban J connectivity index is 1.34. The van der Waals surface area contributed by atoms with Gasteiger partial charge in [-0.25, -0.2) is 14.8 Å². The number of aromatic nitrogens is 4. The van der Waals surface area contributed by atoms with Crippen molar-refractivity contribution in [3.63, 3.8) is 0 Å². The monoisotopic (exact) mass is 363 g/mol. The van der Waals surface area contributed by atoms with Crippen molar-refractivity contribution >= 4 is 18.1 Å². The second-order valence-corrected chi connectivity index (χ2v) is 7.41. The molecule has 0 radical (unpaired) electrons. The average Bonchev–Trinajstić information content (AvgIpc) is 3.39. The predicted molar refractivity (Wildman–Crippen MR) is 102 cm³/mol. The highest BCUT2D eigenvalue weighted by molar-refractivity contribution is 5.82.